The Morgan fingerprint density at radius 3 is 1.83 bits per heavy atom. The minimum atomic E-state index is 0.821. The van der Waals surface area contributed by atoms with Crippen molar-refractivity contribution in [2.45, 2.75) is 12.8 Å². The van der Waals surface area contributed by atoms with Crippen molar-refractivity contribution in [2.75, 3.05) is 0 Å². The first-order valence-corrected chi connectivity index (χ1v) is 22.1. The Kier molecular flexibility index (Phi) is 8.31. The molecule has 0 aliphatic heterocycles. The number of rotatable bonds is 6. The Morgan fingerprint density at radius 2 is 1.06 bits per heavy atom. The molecule has 3 heterocycles. The monoisotopic (exact) mass is 816 g/mol. The van der Waals surface area contributed by atoms with Crippen molar-refractivity contribution in [3.05, 3.63) is 224 Å². The summed E-state index contributed by atoms with van der Waals surface area (Å²) in [5, 5.41) is 8.76. The van der Waals surface area contributed by atoms with Crippen LogP contribution in [0.2, 0.25) is 0 Å². The number of allylic oxidation sites excluding steroid dienone is 1. The second-order valence-corrected chi connectivity index (χ2v) is 16.8. The van der Waals surface area contributed by atoms with Crippen molar-refractivity contribution in [1.29, 1.82) is 0 Å². The van der Waals surface area contributed by atoms with E-state index >= 15 is 0 Å². The lowest BCUT2D eigenvalue weighted by atomic mass is 9.85. The van der Waals surface area contributed by atoms with Gasteiger partial charge in [-0.15, -0.1) is 0 Å². The molecule has 0 N–H and O–H groups in total. The average molecular weight is 817 g/mol. The SMILES string of the molecule is C1=Cc2c(c3ccccc3n2-c2cccc(-c3ccnc4c3nc(-c3ccc(-c5c6ccccc6c(-c6ccc7ccccc7c6)c6ccccc56)cc3)n4-c3ccccc3)c2)CC1. The van der Waals surface area contributed by atoms with Gasteiger partial charge in [-0.3, -0.25) is 4.57 Å². The molecule has 0 saturated carbocycles. The molecule has 64 heavy (non-hydrogen) atoms. The van der Waals surface area contributed by atoms with Gasteiger partial charge >= 0.3 is 0 Å². The number of aryl methyl sites for hydroxylation is 1. The van der Waals surface area contributed by atoms with Crippen LogP contribution < -0.4 is 0 Å². The van der Waals surface area contributed by atoms with Gasteiger partial charge in [0.2, 0.25) is 0 Å². The molecule has 12 aromatic rings. The fourth-order valence-corrected chi connectivity index (χ4v) is 10.4. The van der Waals surface area contributed by atoms with E-state index in [1.807, 2.05) is 6.20 Å². The van der Waals surface area contributed by atoms with E-state index in [-0.39, 0.29) is 0 Å². The highest BCUT2D eigenvalue weighted by Crippen LogP contribution is 2.45. The first-order chi connectivity index (χ1) is 31.8. The summed E-state index contributed by atoms with van der Waals surface area (Å²) >= 11 is 0. The molecular formula is C60H40N4. The van der Waals surface area contributed by atoms with Gasteiger partial charge in [-0.25, -0.2) is 9.97 Å². The van der Waals surface area contributed by atoms with Crippen molar-refractivity contribution in [1.82, 2.24) is 19.1 Å². The summed E-state index contributed by atoms with van der Waals surface area (Å²) in [6.07, 6.45) is 8.63. The zero-order valence-corrected chi connectivity index (χ0v) is 35.0. The standard InChI is InChI=1S/C60H40N4/c1-2-18-45(19-3-1)64-59(62-58-47(35-36-61-60(58)64)43-17-14-20-46(38-43)63-54-27-12-10-21-48(54)49-22-11-13-28-55(49)63)41-32-30-40(31-33-41)56-50-23-6-8-25-52(50)57(53-26-9-7-24-51(53)56)44-34-29-39-15-4-5-16-42(39)37-44/h1-10,12-21,23-38H,11,22H2. The van der Waals surface area contributed by atoms with Gasteiger partial charge in [0.25, 0.3) is 0 Å². The number of benzene rings is 9. The van der Waals surface area contributed by atoms with Gasteiger partial charge in [0.05, 0.1) is 5.52 Å². The van der Waals surface area contributed by atoms with E-state index in [4.69, 9.17) is 9.97 Å². The van der Waals surface area contributed by atoms with Crippen LogP contribution in [0.1, 0.15) is 17.7 Å². The third kappa shape index (κ3) is 5.69. The zero-order chi connectivity index (χ0) is 42.1. The molecule has 0 amide bonds. The molecule has 0 radical (unpaired) electrons. The molecule has 9 aromatic carbocycles. The van der Waals surface area contributed by atoms with Crippen LogP contribution in [0.4, 0.5) is 0 Å². The van der Waals surface area contributed by atoms with E-state index < -0.39 is 0 Å². The minimum absolute atomic E-state index is 0.821. The molecule has 300 valence electrons. The lowest BCUT2D eigenvalue weighted by molar-refractivity contribution is 0.968. The van der Waals surface area contributed by atoms with Crippen molar-refractivity contribution in [2.24, 2.45) is 0 Å². The van der Waals surface area contributed by atoms with Gasteiger partial charge in [0.1, 0.15) is 11.3 Å². The maximum absolute atomic E-state index is 5.50. The highest BCUT2D eigenvalue weighted by molar-refractivity contribution is 6.21. The lowest BCUT2D eigenvalue weighted by Gasteiger charge is -2.18. The van der Waals surface area contributed by atoms with E-state index in [2.05, 4.69) is 221 Å². The molecule has 4 heteroatoms. The Hall–Kier alpha value is -8.34. The zero-order valence-electron chi connectivity index (χ0n) is 35.0. The van der Waals surface area contributed by atoms with E-state index in [1.165, 1.54) is 71.2 Å². The number of hydrogen-bond donors (Lipinski definition) is 0. The van der Waals surface area contributed by atoms with Crippen LogP contribution in [0.25, 0.3) is 117 Å². The fourth-order valence-electron chi connectivity index (χ4n) is 10.4. The molecule has 0 atom stereocenters. The van der Waals surface area contributed by atoms with Crippen LogP contribution >= 0.6 is 0 Å². The molecular weight excluding hydrogens is 777 g/mol. The number of fused-ring (bicyclic) bond motifs is 7. The highest BCUT2D eigenvalue weighted by Gasteiger charge is 2.22. The average Bonchev–Trinajstić information content (AvgIpc) is 3.93. The topological polar surface area (TPSA) is 35.6 Å². The number of pyridine rings is 1. The number of hydrogen-bond acceptors (Lipinski definition) is 2. The van der Waals surface area contributed by atoms with Crippen LogP contribution in [-0.2, 0) is 6.42 Å². The molecule has 0 saturated heterocycles. The Morgan fingerprint density at radius 1 is 0.438 bits per heavy atom. The molecule has 13 rings (SSSR count). The largest absolute Gasteiger partial charge is 0.310 e. The van der Waals surface area contributed by atoms with Gasteiger partial charge in [-0.05, 0) is 127 Å². The van der Waals surface area contributed by atoms with Crippen molar-refractivity contribution >= 4 is 60.5 Å². The summed E-state index contributed by atoms with van der Waals surface area (Å²) < 4.78 is 4.63. The molecule has 0 fully saturated rings. The summed E-state index contributed by atoms with van der Waals surface area (Å²) in [5.41, 5.74) is 15.8. The van der Waals surface area contributed by atoms with E-state index in [9.17, 15) is 0 Å². The Labute approximate surface area is 370 Å². The fraction of sp³-hybridized carbons (Fsp3) is 0.0333. The van der Waals surface area contributed by atoms with Gasteiger partial charge in [0.15, 0.2) is 5.65 Å². The normalized spacial score (nSPS) is 12.5. The second-order valence-electron chi connectivity index (χ2n) is 16.8. The van der Waals surface area contributed by atoms with Gasteiger partial charge < -0.3 is 4.57 Å². The molecule has 0 unspecified atom stereocenters. The number of nitrogens with zero attached hydrogens (tertiary/aromatic N) is 4. The van der Waals surface area contributed by atoms with Gasteiger partial charge in [-0.2, -0.15) is 0 Å². The first kappa shape index (κ1) is 36.3. The molecule has 0 bridgehead atoms. The lowest BCUT2D eigenvalue weighted by Crippen LogP contribution is -2.00. The summed E-state index contributed by atoms with van der Waals surface area (Å²) in [4.78, 5) is 10.5. The van der Waals surface area contributed by atoms with E-state index in [0.717, 1.165) is 63.5 Å². The second kappa shape index (κ2) is 14.6. The van der Waals surface area contributed by atoms with Crippen molar-refractivity contribution in [3.63, 3.8) is 0 Å². The predicted octanol–water partition coefficient (Wildman–Crippen LogP) is 15.5. The minimum Gasteiger partial charge on any atom is -0.310 e. The number of imidazole rings is 1. The van der Waals surface area contributed by atoms with Crippen molar-refractivity contribution < 1.29 is 0 Å². The summed E-state index contributed by atoms with van der Waals surface area (Å²) in [6.45, 7) is 0. The van der Waals surface area contributed by atoms with Crippen LogP contribution in [0.15, 0.2) is 212 Å². The molecule has 1 aliphatic rings. The maximum Gasteiger partial charge on any atom is 0.165 e. The molecule has 3 aromatic heterocycles. The first-order valence-electron chi connectivity index (χ1n) is 22.1. The van der Waals surface area contributed by atoms with E-state index in [1.54, 1.807) is 0 Å². The van der Waals surface area contributed by atoms with Crippen LogP contribution in [0.3, 0.4) is 0 Å². The third-order valence-corrected chi connectivity index (χ3v) is 13.2. The molecule has 1 aliphatic carbocycles. The Balaban J connectivity index is 0.961. The van der Waals surface area contributed by atoms with E-state index in [0.29, 0.717) is 0 Å². The van der Waals surface area contributed by atoms with Gasteiger partial charge in [-0.1, -0.05) is 164 Å². The third-order valence-electron chi connectivity index (χ3n) is 13.2. The number of para-hydroxylation sites is 2. The summed E-state index contributed by atoms with van der Waals surface area (Å²) in [6, 6.07) is 72.5. The Bertz CT molecular complexity index is 3770. The summed E-state index contributed by atoms with van der Waals surface area (Å²) in [7, 11) is 0. The summed E-state index contributed by atoms with van der Waals surface area (Å²) in [5.74, 6) is 0.848. The molecule has 0 spiro atoms. The van der Waals surface area contributed by atoms with Crippen molar-refractivity contribution in [3.8, 4) is 56.1 Å². The quantitative estimate of drug-likeness (QED) is 0.157. The van der Waals surface area contributed by atoms with Crippen LogP contribution in [0, 0.1) is 0 Å². The van der Waals surface area contributed by atoms with Crippen LogP contribution in [-0.4, -0.2) is 19.1 Å². The predicted molar refractivity (Wildman–Crippen MR) is 267 cm³/mol. The highest BCUT2D eigenvalue weighted by atomic mass is 15.1. The smallest absolute Gasteiger partial charge is 0.165 e. The van der Waals surface area contributed by atoms with Crippen LogP contribution in [0.5, 0.6) is 0 Å². The van der Waals surface area contributed by atoms with Gasteiger partial charge in [0, 0.05) is 39.8 Å². The maximum atomic E-state index is 5.50. The number of aromatic nitrogens is 4. The molecule has 4 nitrogen and oxygen atoms in total.